The van der Waals surface area contributed by atoms with Gasteiger partial charge in [-0.15, -0.1) is 0 Å². The summed E-state index contributed by atoms with van der Waals surface area (Å²) in [4.78, 5) is 23.3. The van der Waals surface area contributed by atoms with Gasteiger partial charge >= 0.3 is 11.9 Å². The third-order valence-corrected chi connectivity index (χ3v) is 2.89. The lowest BCUT2D eigenvalue weighted by atomic mass is 9.95. The molecule has 3 rings (SSSR count). The van der Waals surface area contributed by atoms with Gasteiger partial charge in [0, 0.05) is 0 Å². The molecule has 0 saturated heterocycles. The molecule has 82 valence electrons. The molecule has 0 amide bonds. The second-order valence-electron chi connectivity index (χ2n) is 3.82. The van der Waals surface area contributed by atoms with Crippen molar-refractivity contribution < 1.29 is 14.3 Å². The van der Waals surface area contributed by atoms with Crippen LogP contribution in [0.25, 0.3) is 16.8 Å². The van der Waals surface area contributed by atoms with Crippen LogP contribution in [-0.2, 0) is 4.74 Å². The lowest BCUT2D eigenvalue weighted by Gasteiger charge is -2.04. The molecule has 0 aliphatic carbocycles. The van der Waals surface area contributed by atoms with E-state index in [4.69, 9.17) is 0 Å². The zero-order valence-electron chi connectivity index (χ0n) is 8.90. The lowest BCUT2D eigenvalue weighted by Crippen LogP contribution is -1.97. The van der Waals surface area contributed by atoms with E-state index < -0.39 is 11.9 Å². The zero-order valence-corrected chi connectivity index (χ0v) is 8.90. The van der Waals surface area contributed by atoms with Crippen molar-refractivity contribution >= 4 is 28.8 Å². The molecule has 0 unspecified atom stereocenters. The van der Waals surface area contributed by atoms with Crippen LogP contribution in [0.1, 0.15) is 26.3 Å². The van der Waals surface area contributed by atoms with Crippen LogP contribution in [0.3, 0.4) is 0 Å². The van der Waals surface area contributed by atoms with Crippen LogP contribution in [0.15, 0.2) is 36.9 Å². The average Bonchev–Trinajstić information content (AvgIpc) is 2.65. The molecular formula is C14H8O3. The second kappa shape index (κ2) is 3.28. The van der Waals surface area contributed by atoms with Crippen molar-refractivity contribution in [3.8, 4) is 0 Å². The van der Waals surface area contributed by atoms with Crippen molar-refractivity contribution in [1.82, 2.24) is 0 Å². The van der Waals surface area contributed by atoms with Gasteiger partial charge in [-0.25, -0.2) is 9.59 Å². The lowest BCUT2D eigenvalue weighted by molar-refractivity contribution is 0.0444. The maximum absolute atomic E-state index is 11.7. The van der Waals surface area contributed by atoms with Crippen molar-refractivity contribution in [2.24, 2.45) is 0 Å². The summed E-state index contributed by atoms with van der Waals surface area (Å²) in [5.41, 5.74) is 1.31. The molecule has 0 radical (unpaired) electrons. The third kappa shape index (κ3) is 1.22. The number of rotatable bonds is 1. The summed E-state index contributed by atoms with van der Waals surface area (Å²) in [5.74, 6) is -1.17. The number of cyclic esters (lactones) is 2. The van der Waals surface area contributed by atoms with Crippen molar-refractivity contribution in [2.45, 2.75) is 0 Å². The normalized spacial score (nSPS) is 13.6. The summed E-state index contributed by atoms with van der Waals surface area (Å²) in [6.45, 7) is 3.66. The Morgan fingerprint density at radius 3 is 2.53 bits per heavy atom. The van der Waals surface area contributed by atoms with Gasteiger partial charge < -0.3 is 4.74 Å². The van der Waals surface area contributed by atoms with Gasteiger partial charge in [-0.05, 0) is 22.4 Å². The highest BCUT2D eigenvalue weighted by Gasteiger charge is 2.33. The number of hydrogen-bond acceptors (Lipinski definition) is 3. The van der Waals surface area contributed by atoms with E-state index in [2.05, 4.69) is 11.3 Å². The van der Waals surface area contributed by atoms with Crippen LogP contribution in [0.5, 0.6) is 0 Å². The molecule has 2 aromatic rings. The molecule has 3 heteroatoms. The minimum atomic E-state index is -0.592. The van der Waals surface area contributed by atoms with E-state index >= 15 is 0 Å². The van der Waals surface area contributed by atoms with Gasteiger partial charge in [-0.1, -0.05) is 36.9 Å². The number of carbonyl (C=O) groups is 2. The predicted molar refractivity (Wildman–Crippen MR) is 63.8 cm³/mol. The first kappa shape index (κ1) is 9.78. The van der Waals surface area contributed by atoms with Crippen molar-refractivity contribution in [3.63, 3.8) is 0 Å². The predicted octanol–water partition coefficient (Wildman–Crippen LogP) is 2.79. The Bertz CT molecular complexity index is 683. The molecule has 3 nitrogen and oxygen atoms in total. The Labute approximate surface area is 97.3 Å². The number of carbonyl (C=O) groups excluding carboxylic acids is 2. The molecule has 0 spiro atoms. The monoisotopic (exact) mass is 224 g/mol. The third-order valence-electron chi connectivity index (χ3n) is 2.89. The van der Waals surface area contributed by atoms with Crippen molar-refractivity contribution in [2.75, 3.05) is 0 Å². The van der Waals surface area contributed by atoms with Crippen LogP contribution in [0.2, 0.25) is 0 Å². The summed E-state index contributed by atoms with van der Waals surface area (Å²) in [6, 6.07) is 9.23. The number of esters is 2. The quantitative estimate of drug-likeness (QED) is 0.552. The number of fused-ring (bicyclic) bond motifs is 3. The minimum absolute atomic E-state index is 0.323. The molecular weight excluding hydrogens is 216 g/mol. The molecule has 0 saturated carbocycles. The molecule has 0 atom stereocenters. The van der Waals surface area contributed by atoms with Gasteiger partial charge in [-0.3, -0.25) is 0 Å². The van der Waals surface area contributed by atoms with E-state index in [1.807, 2.05) is 24.3 Å². The van der Waals surface area contributed by atoms with Crippen molar-refractivity contribution in [3.05, 3.63) is 53.6 Å². The van der Waals surface area contributed by atoms with Crippen LogP contribution >= 0.6 is 0 Å². The molecule has 1 aliphatic heterocycles. The summed E-state index contributed by atoms with van der Waals surface area (Å²) in [7, 11) is 0. The Morgan fingerprint density at radius 2 is 1.76 bits per heavy atom. The van der Waals surface area contributed by atoms with Gasteiger partial charge in [0.1, 0.15) is 0 Å². The first-order valence-electron chi connectivity index (χ1n) is 5.17. The van der Waals surface area contributed by atoms with Crippen LogP contribution < -0.4 is 0 Å². The molecule has 0 bridgehead atoms. The Morgan fingerprint density at radius 1 is 1.06 bits per heavy atom. The fourth-order valence-corrected chi connectivity index (χ4v) is 2.15. The SMILES string of the molecule is C=Cc1cc2ccccc2c2c1C(=O)OC2=O. The van der Waals surface area contributed by atoms with Gasteiger partial charge in [0.25, 0.3) is 0 Å². The average molecular weight is 224 g/mol. The van der Waals surface area contributed by atoms with E-state index in [1.165, 1.54) is 0 Å². The first-order chi connectivity index (χ1) is 8.22. The molecule has 1 heterocycles. The molecule has 1 aliphatic rings. The summed E-state index contributed by atoms with van der Waals surface area (Å²) >= 11 is 0. The zero-order chi connectivity index (χ0) is 12.0. The smallest absolute Gasteiger partial charge is 0.347 e. The van der Waals surface area contributed by atoms with Crippen LogP contribution in [-0.4, -0.2) is 11.9 Å². The number of ether oxygens (including phenoxy) is 1. The highest BCUT2D eigenvalue weighted by molar-refractivity contribution is 6.22. The Balaban J connectivity index is 2.54. The van der Waals surface area contributed by atoms with E-state index in [-0.39, 0.29) is 0 Å². The number of benzene rings is 2. The highest BCUT2D eigenvalue weighted by atomic mass is 16.6. The largest absolute Gasteiger partial charge is 0.386 e. The van der Waals surface area contributed by atoms with Crippen molar-refractivity contribution in [1.29, 1.82) is 0 Å². The van der Waals surface area contributed by atoms with Gasteiger partial charge in [0.05, 0.1) is 11.1 Å². The van der Waals surface area contributed by atoms with E-state index in [1.54, 1.807) is 12.1 Å². The van der Waals surface area contributed by atoms with Gasteiger partial charge in [-0.2, -0.15) is 0 Å². The maximum atomic E-state index is 11.7. The van der Waals surface area contributed by atoms with E-state index in [9.17, 15) is 9.59 Å². The molecule has 17 heavy (non-hydrogen) atoms. The number of hydrogen-bond donors (Lipinski definition) is 0. The minimum Gasteiger partial charge on any atom is -0.386 e. The highest BCUT2D eigenvalue weighted by Crippen LogP contribution is 2.32. The Hall–Kier alpha value is -2.42. The fraction of sp³-hybridized carbons (Fsp3) is 0. The molecule has 0 N–H and O–H groups in total. The van der Waals surface area contributed by atoms with Crippen LogP contribution in [0.4, 0.5) is 0 Å². The van der Waals surface area contributed by atoms with Gasteiger partial charge in [0.15, 0.2) is 0 Å². The molecule has 2 aromatic carbocycles. The second-order valence-corrected chi connectivity index (χ2v) is 3.82. The van der Waals surface area contributed by atoms with Crippen LogP contribution in [0, 0.1) is 0 Å². The molecule has 0 fully saturated rings. The van der Waals surface area contributed by atoms with Gasteiger partial charge in [0.2, 0.25) is 0 Å². The molecule has 0 aromatic heterocycles. The fourth-order valence-electron chi connectivity index (χ4n) is 2.15. The first-order valence-corrected chi connectivity index (χ1v) is 5.17. The summed E-state index contributed by atoms with van der Waals surface area (Å²) < 4.78 is 4.66. The maximum Gasteiger partial charge on any atom is 0.347 e. The van der Waals surface area contributed by atoms with E-state index in [0.717, 1.165) is 10.8 Å². The summed E-state index contributed by atoms with van der Waals surface area (Å²) in [6.07, 6.45) is 1.56. The summed E-state index contributed by atoms with van der Waals surface area (Å²) in [5, 5.41) is 1.64. The Kier molecular flexibility index (Phi) is 1.89. The topological polar surface area (TPSA) is 43.4 Å². The van der Waals surface area contributed by atoms with E-state index in [0.29, 0.717) is 16.7 Å². The standard InChI is InChI=1S/C14H8O3/c1-2-8-7-9-5-3-4-6-10(9)12-11(8)13(15)17-14(12)16/h2-7H,1H2.